The van der Waals surface area contributed by atoms with E-state index in [1.165, 1.54) is 0 Å². The van der Waals surface area contributed by atoms with Crippen LogP contribution in [0, 0.1) is 0 Å². The highest BCUT2D eigenvalue weighted by molar-refractivity contribution is 5.76. The van der Waals surface area contributed by atoms with Crippen molar-refractivity contribution in [3.8, 4) is 0 Å². The first-order valence-corrected chi connectivity index (χ1v) is 10.8. The number of carbonyl (C=O) groups is 1. The van der Waals surface area contributed by atoms with E-state index in [4.69, 9.17) is 4.74 Å². The van der Waals surface area contributed by atoms with Gasteiger partial charge in [-0.2, -0.15) is 0 Å². The molecule has 0 radical (unpaired) electrons. The number of ether oxygens (including phenoxy) is 1. The molecule has 0 spiro atoms. The number of nitrogens with one attached hydrogen (secondary N) is 3. The van der Waals surface area contributed by atoms with Crippen molar-refractivity contribution in [3.63, 3.8) is 0 Å². The quantitative estimate of drug-likeness (QED) is 0.353. The molecule has 3 aromatic carbocycles. The molecule has 0 unspecified atom stereocenters. The van der Waals surface area contributed by atoms with Gasteiger partial charge in [-0.1, -0.05) is 60.7 Å². The van der Waals surface area contributed by atoms with E-state index < -0.39 is 0 Å². The van der Waals surface area contributed by atoms with E-state index in [1.54, 1.807) is 0 Å². The van der Waals surface area contributed by atoms with Gasteiger partial charge in [0.25, 0.3) is 0 Å². The van der Waals surface area contributed by atoms with Gasteiger partial charge in [0.2, 0.25) is 5.91 Å². The zero-order valence-electron chi connectivity index (χ0n) is 17.9. The number of aryl methyl sites for hydroxylation is 1. The Bertz CT molecular complexity index is 1230. The Morgan fingerprint density at radius 1 is 0.812 bits per heavy atom. The third kappa shape index (κ3) is 5.95. The first kappa shape index (κ1) is 21.6. The summed E-state index contributed by atoms with van der Waals surface area (Å²) < 4.78 is 5.86. The van der Waals surface area contributed by atoms with Gasteiger partial charge >= 0.3 is 5.69 Å². The number of H-pyrrole nitrogens is 2. The highest BCUT2D eigenvalue weighted by Crippen LogP contribution is 2.14. The van der Waals surface area contributed by atoms with E-state index in [2.05, 4.69) is 15.3 Å². The van der Waals surface area contributed by atoms with Gasteiger partial charge in [-0.25, -0.2) is 4.79 Å². The van der Waals surface area contributed by atoms with E-state index in [-0.39, 0.29) is 11.6 Å². The second kappa shape index (κ2) is 10.6. The summed E-state index contributed by atoms with van der Waals surface area (Å²) in [7, 11) is 0. The van der Waals surface area contributed by atoms with E-state index in [0.29, 0.717) is 26.2 Å². The van der Waals surface area contributed by atoms with Crippen molar-refractivity contribution in [2.24, 2.45) is 0 Å². The topological polar surface area (TPSA) is 87.0 Å². The maximum atomic E-state index is 12.3. The molecule has 1 amide bonds. The van der Waals surface area contributed by atoms with Crippen LogP contribution in [0.1, 0.15) is 35.1 Å². The zero-order valence-corrected chi connectivity index (χ0v) is 17.9. The van der Waals surface area contributed by atoms with Gasteiger partial charge in [-0.3, -0.25) is 4.79 Å². The number of benzene rings is 3. The van der Waals surface area contributed by atoms with Crippen LogP contribution < -0.4 is 11.0 Å². The molecule has 0 aliphatic rings. The lowest BCUT2D eigenvalue weighted by Crippen LogP contribution is -2.23. The van der Waals surface area contributed by atoms with Crippen LogP contribution in [0.2, 0.25) is 0 Å². The molecule has 3 N–H and O–H groups in total. The summed E-state index contributed by atoms with van der Waals surface area (Å²) in [5.74, 6) is 0.0288. The van der Waals surface area contributed by atoms with E-state index in [1.807, 2.05) is 72.8 Å². The Morgan fingerprint density at radius 2 is 1.56 bits per heavy atom. The largest absolute Gasteiger partial charge is 0.372 e. The molecule has 0 fully saturated rings. The summed E-state index contributed by atoms with van der Waals surface area (Å²) in [5.41, 5.74) is 5.77. The smallest absolute Gasteiger partial charge is 0.323 e. The number of rotatable bonds is 10. The lowest BCUT2D eigenvalue weighted by Gasteiger charge is -2.11. The Kier molecular flexibility index (Phi) is 7.15. The minimum atomic E-state index is -0.206. The Labute approximate surface area is 186 Å². The summed E-state index contributed by atoms with van der Waals surface area (Å²) >= 11 is 0. The fraction of sp³-hybridized carbons (Fsp3) is 0.231. The molecule has 1 aromatic heterocycles. The number of amides is 1. The Hall–Kier alpha value is -3.64. The maximum Gasteiger partial charge on any atom is 0.323 e. The molecule has 0 saturated heterocycles. The normalized spacial score (nSPS) is 11.0. The number of aromatic nitrogens is 2. The predicted molar refractivity (Wildman–Crippen MR) is 125 cm³/mol. The van der Waals surface area contributed by atoms with Crippen molar-refractivity contribution >= 4 is 16.9 Å². The third-order valence-corrected chi connectivity index (χ3v) is 5.41. The first-order valence-electron chi connectivity index (χ1n) is 10.8. The van der Waals surface area contributed by atoms with Crippen LogP contribution in [-0.2, 0) is 35.7 Å². The molecule has 0 saturated carbocycles. The molecule has 0 aliphatic carbocycles. The average molecular weight is 430 g/mol. The van der Waals surface area contributed by atoms with Gasteiger partial charge in [-0.05, 0) is 47.2 Å². The van der Waals surface area contributed by atoms with Crippen LogP contribution in [0.4, 0.5) is 0 Å². The van der Waals surface area contributed by atoms with Gasteiger partial charge in [0.1, 0.15) is 0 Å². The Balaban J connectivity index is 1.22. The highest BCUT2D eigenvalue weighted by Gasteiger charge is 2.07. The predicted octanol–water partition coefficient (Wildman–Crippen LogP) is 4.21. The maximum absolute atomic E-state index is 12.3. The SMILES string of the molecule is O=C(CCCc1ccc2[nH]c(=O)[nH]c2c1)NCc1ccccc1COCc1ccccc1. The zero-order chi connectivity index (χ0) is 22.2. The second-order valence-electron chi connectivity index (χ2n) is 7.84. The van der Waals surface area contributed by atoms with Crippen molar-refractivity contribution in [1.82, 2.24) is 15.3 Å². The van der Waals surface area contributed by atoms with Crippen LogP contribution in [0.25, 0.3) is 11.0 Å². The molecule has 0 bridgehead atoms. The average Bonchev–Trinajstić information content (AvgIpc) is 3.18. The van der Waals surface area contributed by atoms with E-state index >= 15 is 0 Å². The van der Waals surface area contributed by atoms with Gasteiger partial charge in [0, 0.05) is 13.0 Å². The third-order valence-electron chi connectivity index (χ3n) is 5.41. The summed E-state index contributed by atoms with van der Waals surface area (Å²) in [6.45, 7) is 1.55. The number of carbonyl (C=O) groups excluding carboxylic acids is 1. The van der Waals surface area contributed by atoms with Gasteiger partial charge in [-0.15, -0.1) is 0 Å². The molecule has 164 valence electrons. The molecule has 0 atom stereocenters. The van der Waals surface area contributed by atoms with Crippen molar-refractivity contribution in [2.45, 2.75) is 39.0 Å². The van der Waals surface area contributed by atoms with Crippen LogP contribution in [0.15, 0.2) is 77.6 Å². The summed E-state index contributed by atoms with van der Waals surface area (Å²) in [5, 5.41) is 3.02. The number of imidazole rings is 1. The van der Waals surface area contributed by atoms with Crippen LogP contribution >= 0.6 is 0 Å². The molecular weight excluding hydrogens is 402 g/mol. The number of hydrogen-bond donors (Lipinski definition) is 3. The lowest BCUT2D eigenvalue weighted by molar-refractivity contribution is -0.121. The minimum Gasteiger partial charge on any atom is -0.372 e. The lowest BCUT2D eigenvalue weighted by atomic mass is 10.1. The van der Waals surface area contributed by atoms with Gasteiger partial charge in [0.05, 0.1) is 24.2 Å². The fourth-order valence-electron chi connectivity index (χ4n) is 3.69. The number of fused-ring (bicyclic) bond motifs is 1. The van der Waals surface area contributed by atoms with Crippen LogP contribution in [-0.4, -0.2) is 15.9 Å². The van der Waals surface area contributed by atoms with E-state index in [0.717, 1.165) is 46.1 Å². The molecule has 32 heavy (non-hydrogen) atoms. The molecule has 0 aliphatic heterocycles. The fourth-order valence-corrected chi connectivity index (χ4v) is 3.69. The second-order valence-corrected chi connectivity index (χ2v) is 7.84. The van der Waals surface area contributed by atoms with Crippen molar-refractivity contribution < 1.29 is 9.53 Å². The molecule has 4 aromatic rings. The van der Waals surface area contributed by atoms with Gasteiger partial charge in [0.15, 0.2) is 0 Å². The Morgan fingerprint density at radius 3 is 2.41 bits per heavy atom. The van der Waals surface area contributed by atoms with Crippen molar-refractivity contribution in [1.29, 1.82) is 0 Å². The van der Waals surface area contributed by atoms with Crippen molar-refractivity contribution in [3.05, 3.63) is 106 Å². The van der Waals surface area contributed by atoms with E-state index in [9.17, 15) is 9.59 Å². The standard InChI is InChI=1S/C26H27N3O3/c30-25(12-6-9-19-13-14-23-24(15-19)29-26(31)28-23)27-16-21-10-4-5-11-22(21)18-32-17-20-7-2-1-3-8-20/h1-5,7-8,10-11,13-15H,6,9,12,16-18H2,(H,27,30)(H2,28,29,31). The molecule has 1 heterocycles. The minimum absolute atomic E-state index is 0.0288. The first-order chi connectivity index (χ1) is 15.7. The number of hydrogen-bond acceptors (Lipinski definition) is 3. The number of aromatic amines is 2. The molecular formula is C26H27N3O3. The molecule has 6 nitrogen and oxygen atoms in total. The summed E-state index contributed by atoms with van der Waals surface area (Å²) in [6, 6.07) is 23.9. The summed E-state index contributed by atoms with van der Waals surface area (Å²) in [4.78, 5) is 29.2. The highest BCUT2D eigenvalue weighted by atomic mass is 16.5. The molecule has 6 heteroatoms. The van der Waals surface area contributed by atoms with Crippen LogP contribution in [0.3, 0.4) is 0 Å². The van der Waals surface area contributed by atoms with Crippen molar-refractivity contribution in [2.75, 3.05) is 0 Å². The molecule has 4 rings (SSSR count). The van der Waals surface area contributed by atoms with Crippen LogP contribution in [0.5, 0.6) is 0 Å². The monoisotopic (exact) mass is 429 g/mol. The summed E-state index contributed by atoms with van der Waals surface area (Å²) in [6.07, 6.45) is 1.97. The van der Waals surface area contributed by atoms with Gasteiger partial charge < -0.3 is 20.0 Å².